The third-order valence-corrected chi connectivity index (χ3v) is 5.02. The third kappa shape index (κ3) is 2.81. The molecule has 2 aliphatic rings. The van der Waals surface area contributed by atoms with Gasteiger partial charge in [-0.05, 0) is 18.9 Å². The molecule has 1 unspecified atom stereocenters. The van der Waals surface area contributed by atoms with Crippen molar-refractivity contribution in [2.75, 3.05) is 0 Å². The van der Waals surface area contributed by atoms with Crippen LogP contribution in [-0.4, -0.2) is 32.8 Å². The van der Waals surface area contributed by atoms with Gasteiger partial charge < -0.3 is 11.1 Å². The monoisotopic (exact) mass is 344 g/mol. The second kappa shape index (κ2) is 6.20. The Balaban J connectivity index is 1.71. The zero-order valence-electron chi connectivity index (χ0n) is 14.0. The average Bonchev–Trinajstić information content (AvgIpc) is 3.15. The Kier molecular flexibility index (Phi) is 4.01. The van der Waals surface area contributed by atoms with Crippen LogP contribution in [0.15, 0.2) is 18.5 Å². The molecule has 0 bridgehead atoms. The summed E-state index contributed by atoms with van der Waals surface area (Å²) in [7, 11) is 1.78. The molecule has 7 nitrogen and oxygen atoms in total. The summed E-state index contributed by atoms with van der Waals surface area (Å²) in [5.74, 6) is -0.848. The number of amides is 1. The largest absolute Gasteiger partial charge is 0.332 e. The molecule has 3 atom stereocenters. The van der Waals surface area contributed by atoms with E-state index in [2.05, 4.69) is 20.7 Å². The predicted molar refractivity (Wildman–Crippen MR) is 90.0 cm³/mol. The first-order valence-electron chi connectivity index (χ1n) is 8.55. The number of halogens is 1. The predicted octanol–water partition coefficient (Wildman–Crippen LogP) is 1.22. The van der Waals surface area contributed by atoms with Gasteiger partial charge >= 0.3 is 0 Å². The van der Waals surface area contributed by atoms with Gasteiger partial charge in [0.2, 0.25) is 0 Å². The number of carbonyl (C=O) groups excluding carboxylic acids is 1. The van der Waals surface area contributed by atoms with E-state index in [-0.39, 0.29) is 23.6 Å². The molecule has 1 amide bonds. The van der Waals surface area contributed by atoms with Gasteiger partial charge in [-0.2, -0.15) is 5.10 Å². The highest BCUT2D eigenvalue weighted by molar-refractivity contribution is 6.04. The van der Waals surface area contributed by atoms with Crippen LogP contribution in [0.3, 0.4) is 0 Å². The van der Waals surface area contributed by atoms with Gasteiger partial charge in [-0.15, -0.1) is 0 Å². The van der Waals surface area contributed by atoms with Crippen LogP contribution in [0.1, 0.15) is 47.8 Å². The van der Waals surface area contributed by atoms with E-state index in [0.29, 0.717) is 17.0 Å². The maximum atomic E-state index is 14.5. The lowest BCUT2D eigenvalue weighted by Gasteiger charge is -2.32. The van der Waals surface area contributed by atoms with Crippen LogP contribution in [0.5, 0.6) is 0 Å². The van der Waals surface area contributed by atoms with E-state index >= 15 is 0 Å². The smallest absolute Gasteiger partial charge is 0.255 e. The summed E-state index contributed by atoms with van der Waals surface area (Å²) in [4.78, 5) is 16.6. The summed E-state index contributed by atoms with van der Waals surface area (Å²) in [6.07, 6.45) is 6.36. The molecule has 0 aromatic carbocycles. The third-order valence-electron chi connectivity index (χ3n) is 5.02. The van der Waals surface area contributed by atoms with E-state index in [1.807, 2.05) is 0 Å². The van der Waals surface area contributed by atoms with Crippen molar-refractivity contribution in [3.63, 3.8) is 0 Å². The van der Waals surface area contributed by atoms with Crippen molar-refractivity contribution in [1.82, 2.24) is 25.4 Å². The summed E-state index contributed by atoms with van der Waals surface area (Å²) in [6, 6.07) is 1.82. The Labute approximate surface area is 144 Å². The summed E-state index contributed by atoms with van der Waals surface area (Å²) in [5, 5.41) is 10.4. The van der Waals surface area contributed by atoms with Crippen LogP contribution in [0.2, 0.25) is 0 Å². The standard InChI is InChI=1S/C17H21FN6O/c1-24-7-6-12(23-24)15-14-13(9(18)8-20-15)16(22-17(14)25)21-11-5-3-2-4-10(11)19/h6-8,10-11,16,21H,2-5,19H2,1H3,(H,22,25)/t10-,11+,16?/m0/s1. The van der Waals surface area contributed by atoms with Gasteiger partial charge in [0.15, 0.2) is 0 Å². The lowest BCUT2D eigenvalue weighted by Crippen LogP contribution is -2.50. The van der Waals surface area contributed by atoms with Crippen LogP contribution >= 0.6 is 0 Å². The second-order valence-corrected chi connectivity index (χ2v) is 6.75. The summed E-state index contributed by atoms with van der Waals surface area (Å²) in [5.41, 5.74) is 7.67. The number of pyridine rings is 1. The van der Waals surface area contributed by atoms with E-state index in [1.54, 1.807) is 24.0 Å². The highest BCUT2D eigenvalue weighted by Crippen LogP contribution is 2.33. The van der Waals surface area contributed by atoms with Crippen LogP contribution in [0.25, 0.3) is 11.4 Å². The molecule has 4 N–H and O–H groups in total. The molecular formula is C17H21FN6O. The molecule has 2 aromatic rings. The molecular weight excluding hydrogens is 323 g/mol. The van der Waals surface area contributed by atoms with Crippen LogP contribution in [0.4, 0.5) is 4.39 Å². The molecule has 2 aromatic heterocycles. The van der Waals surface area contributed by atoms with Gasteiger partial charge in [-0.25, -0.2) is 4.39 Å². The van der Waals surface area contributed by atoms with Gasteiger partial charge in [0, 0.05) is 30.9 Å². The Morgan fingerprint density at radius 2 is 2.20 bits per heavy atom. The maximum absolute atomic E-state index is 14.5. The SMILES string of the molecule is Cn1ccc(-c2ncc(F)c3c2C(=O)NC3N[C@@H]2CCCC[C@@H]2N)n1. The van der Waals surface area contributed by atoms with Crippen LogP contribution < -0.4 is 16.4 Å². The summed E-state index contributed by atoms with van der Waals surface area (Å²) < 4.78 is 16.1. The number of nitrogens with one attached hydrogen (secondary N) is 2. The highest BCUT2D eigenvalue weighted by atomic mass is 19.1. The van der Waals surface area contributed by atoms with E-state index in [1.165, 1.54) is 0 Å². The number of nitrogens with two attached hydrogens (primary N) is 1. The molecule has 1 fully saturated rings. The maximum Gasteiger partial charge on any atom is 0.255 e. The molecule has 4 rings (SSSR count). The number of fused-ring (bicyclic) bond motifs is 1. The van der Waals surface area contributed by atoms with Crippen molar-refractivity contribution in [1.29, 1.82) is 0 Å². The van der Waals surface area contributed by atoms with Gasteiger partial charge in [0.1, 0.15) is 23.4 Å². The minimum Gasteiger partial charge on any atom is -0.332 e. The van der Waals surface area contributed by atoms with Gasteiger partial charge in [-0.3, -0.25) is 19.8 Å². The Bertz CT molecular complexity index is 819. The number of rotatable bonds is 3. The van der Waals surface area contributed by atoms with Crippen molar-refractivity contribution in [3.05, 3.63) is 35.4 Å². The van der Waals surface area contributed by atoms with E-state index in [9.17, 15) is 9.18 Å². The fourth-order valence-electron chi connectivity index (χ4n) is 3.73. The first-order chi connectivity index (χ1) is 12.0. The molecule has 1 aliphatic carbocycles. The van der Waals surface area contributed by atoms with Crippen molar-refractivity contribution < 1.29 is 9.18 Å². The summed E-state index contributed by atoms with van der Waals surface area (Å²) in [6.45, 7) is 0. The number of hydrogen-bond acceptors (Lipinski definition) is 5. The zero-order chi connectivity index (χ0) is 17.6. The number of aromatic nitrogens is 3. The summed E-state index contributed by atoms with van der Waals surface area (Å²) >= 11 is 0. The Morgan fingerprint density at radius 1 is 1.40 bits per heavy atom. The molecule has 0 saturated heterocycles. The van der Waals surface area contributed by atoms with E-state index < -0.39 is 12.0 Å². The van der Waals surface area contributed by atoms with Gasteiger partial charge in [0.05, 0.1) is 11.8 Å². The normalized spacial score (nSPS) is 25.7. The lowest BCUT2D eigenvalue weighted by atomic mass is 9.90. The fraction of sp³-hybridized carbons (Fsp3) is 0.471. The Morgan fingerprint density at radius 3 is 2.92 bits per heavy atom. The minimum absolute atomic E-state index is 0.00913. The van der Waals surface area contributed by atoms with Crippen molar-refractivity contribution in [2.24, 2.45) is 12.8 Å². The first kappa shape index (κ1) is 16.2. The van der Waals surface area contributed by atoms with Gasteiger partial charge in [0.25, 0.3) is 5.91 Å². The van der Waals surface area contributed by atoms with Crippen LogP contribution in [0, 0.1) is 5.82 Å². The molecule has 1 saturated carbocycles. The molecule has 8 heteroatoms. The number of aryl methyl sites for hydroxylation is 1. The van der Waals surface area contributed by atoms with Crippen LogP contribution in [-0.2, 0) is 7.05 Å². The van der Waals surface area contributed by atoms with Crippen molar-refractivity contribution in [3.8, 4) is 11.4 Å². The number of carbonyl (C=O) groups is 1. The van der Waals surface area contributed by atoms with Crippen molar-refractivity contribution in [2.45, 2.75) is 43.9 Å². The Hall–Kier alpha value is -2.32. The van der Waals surface area contributed by atoms with Gasteiger partial charge in [-0.1, -0.05) is 12.8 Å². The topological polar surface area (TPSA) is 97.9 Å². The highest BCUT2D eigenvalue weighted by Gasteiger charge is 2.37. The average molecular weight is 344 g/mol. The zero-order valence-corrected chi connectivity index (χ0v) is 14.0. The quantitative estimate of drug-likeness (QED) is 0.778. The van der Waals surface area contributed by atoms with E-state index in [4.69, 9.17) is 5.73 Å². The number of nitrogens with zero attached hydrogens (tertiary/aromatic N) is 3. The molecule has 25 heavy (non-hydrogen) atoms. The van der Waals surface area contributed by atoms with E-state index in [0.717, 1.165) is 31.9 Å². The number of hydrogen-bond donors (Lipinski definition) is 3. The first-order valence-corrected chi connectivity index (χ1v) is 8.55. The molecule has 3 heterocycles. The van der Waals surface area contributed by atoms with Crippen molar-refractivity contribution >= 4 is 5.91 Å². The fourth-order valence-corrected chi connectivity index (χ4v) is 3.73. The molecule has 0 spiro atoms. The second-order valence-electron chi connectivity index (χ2n) is 6.75. The molecule has 132 valence electrons. The molecule has 1 aliphatic heterocycles. The lowest BCUT2D eigenvalue weighted by molar-refractivity contribution is 0.0946. The molecule has 0 radical (unpaired) electrons. The minimum atomic E-state index is -0.595.